The zero-order chi connectivity index (χ0) is 14.1. The van der Waals surface area contributed by atoms with Gasteiger partial charge >= 0.3 is 5.97 Å². The van der Waals surface area contributed by atoms with Crippen LogP contribution >= 0.6 is 0 Å². The van der Waals surface area contributed by atoms with E-state index >= 15 is 0 Å². The molecule has 1 aromatic heterocycles. The number of aromatic nitrogens is 2. The molecular formula is C16H14N2O2. The summed E-state index contributed by atoms with van der Waals surface area (Å²) in [6, 6.07) is 14.9. The first-order valence-electron chi connectivity index (χ1n) is 6.51. The van der Waals surface area contributed by atoms with E-state index in [9.17, 15) is 9.90 Å². The molecule has 0 aliphatic heterocycles. The topological polar surface area (TPSA) is 55.1 Å². The Morgan fingerprint density at radius 2 is 1.90 bits per heavy atom. The van der Waals surface area contributed by atoms with Gasteiger partial charge in [-0.3, -0.25) is 4.57 Å². The van der Waals surface area contributed by atoms with Gasteiger partial charge in [0.15, 0.2) is 0 Å². The summed E-state index contributed by atoms with van der Waals surface area (Å²) < 4.78 is 1.93. The molecule has 3 rings (SSSR count). The summed E-state index contributed by atoms with van der Waals surface area (Å²) >= 11 is 0. The van der Waals surface area contributed by atoms with E-state index in [1.807, 2.05) is 47.9 Å². The maximum absolute atomic E-state index is 11.5. The first-order valence-corrected chi connectivity index (χ1v) is 6.51. The van der Waals surface area contributed by atoms with Crippen molar-refractivity contribution in [2.75, 3.05) is 0 Å². The Labute approximate surface area is 116 Å². The van der Waals surface area contributed by atoms with Crippen LogP contribution in [0.4, 0.5) is 0 Å². The van der Waals surface area contributed by atoms with Gasteiger partial charge in [-0.15, -0.1) is 0 Å². The second-order valence-electron chi connectivity index (χ2n) is 4.53. The number of rotatable bonds is 3. The van der Waals surface area contributed by atoms with Gasteiger partial charge in [0, 0.05) is 12.1 Å². The second kappa shape index (κ2) is 4.81. The highest BCUT2D eigenvalue weighted by atomic mass is 16.4. The van der Waals surface area contributed by atoms with Crippen LogP contribution in [0, 0.1) is 0 Å². The zero-order valence-electron chi connectivity index (χ0n) is 11.1. The van der Waals surface area contributed by atoms with Crippen LogP contribution in [0.1, 0.15) is 23.1 Å². The molecule has 4 nitrogen and oxygen atoms in total. The van der Waals surface area contributed by atoms with Crippen LogP contribution in [0.25, 0.3) is 16.7 Å². The van der Waals surface area contributed by atoms with Crippen LogP contribution in [0.2, 0.25) is 0 Å². The third kappa shape index (κ3) is 1.86. The highest BCUT2D eigenvalue weighted by molar-refractivity contribution is 6.01. The average molecular weight is 266 g/mol. The third-order valence-electron chi connectivity index (χ3n) is 3.31. The monoisotopic (exact) mass is 266 g/mol. The fourth-order valence-electron chi connectivity index (χ4n) is 2.44. The molecule has 4 heteroatoms. The van der Waals surface area contributed by atoms with Crippen LogP contribution < -0.4 is 0 Å². The van der Waals surface area contributed by atoms with Crippen LogP contribution in [0.3, 0.4) is 0 Å². The number of fused-ring (bicyclic) bond motifs is 1. The number of imidazole rings is 1. The maximum atomic E-state index is 11.5. The van der Waals surface area contributed by atoms with Gasteiger partial charge in [0.1, 0.15) is 5.82 Å². The number of aromatic carboxylic acids is 1. The van der Waals surface area contributed by atoms with Crippen molar-refractivity contribution in [3.63, 3.8) is 0 Å². The van der Waals surface area contributed by atoms with E-state index in [1.165, 1.54) is 0 Å². The predicted molar refractivity (Wildman–Crippen MR) is 77.4 cm³/mol. The molecule has 0 bridgehead atoms. The Hall–Kier alpha value is -2.62. The Morgan fingerprint density at radius 1 is 1.15 bits per heavy atom. The van der Waals surface area contributed by atoms with E-state index < -0.39 is 5.97 Å². The SMILES string of the molecule is CCc1nc2cccc(C(=O)O)c2n1-c1ccccc1. The number of carbonyl (C=O) groups is 1. The molecule has 0 spiro atoms. The number of nitrogens with zero attached hydrogens (tertiary/aromatic N) is 2. The van der Waals surface area contributed by atoms with Gasteiger partial charge in [-0.05, 0) is 24.3 Å². The summed E-state index contributed by atoms with van der Waals surface area (Å²) in [7, 11) is 0. The third-order valence-corrected chi connectivity index (χ3v) is 3.31. The van der Waals surface area contributed by atoms with E-state index in [4.69, 9.17) is 0 Å². The average Bonchev–Trinajstić information content (AvgIpc) is 2.86. The molecule has 0 aliphatic carbocycles. The molecule has 0 unspecified atom stereocenters. The molecule has 0 saturated heterocycles. The molecular weight excluding hydrogens is 252 g/mol. The largest absolute Gasteiger partial charge is 0.478 e. The van der Waals surface area contributed by atoms with Gasteiger partial charge in [0.2, 0.25) is 0 Å². The summed E-state index contributed by atoms with van der Waals surface area (Å²) in [5.41, 5.74) is 2.58. The first kappa shape index (κ1) is 12.4. The number of hydrogen-bond acceptors (Lipinski definition) is 2. The molecule has 0 atom stereocenters. The minimum atomic E-state index is -0.935. The van der Waals surface area contributed by atoms with Crippen LogP contribution in [0.5, 0.6) is 0 Å². The Morgan fingerprint density at radius 3 is 2.55 bits per heavy atom. The van der Waals surface area contributed by atoms with Gasteiger partial charge in [0.05, 0.1) is 16.6 Å². The molecule has 100 valence electrons. The summed E-state index contributed by atoms with van der Waals surface area (Å²) in [4.78, 5) is 16.0. The van der Waals surface area contributed by atoms with Crippen molar-refractivity contribution in [3.05, 3.63) is 59.9 Å². The molecule has 20 heavy (non-hydrogen) atoms. The van der Waals surface area contributed by atoms with E-state index in [-0.39, 0.29) is 5.56 Å². The van der Waals surface area contributed by atoms with Crippen molar-refractivity contribution in [2.24, 2.45) is 0 Å². The Kier molecular flexibility index (Phi) is 2.99. The summed E-state index contributed by atoms with van der Waals surface area (Å²) in [6.07, 6.45) is 0.739. The van der Waals surface area contributed by atoms with E-state index in [0.717, 1.165) is 17.9 Å². The molecule has 0 amide bonds. The quantitative estimate of drug-likeness (QED) is 0.791. The molecule has 3 aromatic rings. The number of carboxylic acids is 1. The van der Waals surface area contributed by atoms with Crippen LogP contribution in [0.15, 0.2) is 48.5 Å². The minimum absolute atomic E-state index is 0.276. The van der Waals surface area contributed by atoms with Crippen LogP contribution in [-0.4, -0.2) is 20.6 Å². The smallest absolute Gasteiger partial charge is 0.337 e. The summed E-state index contributed by atoms with van der Waals surface area (Å²) in [6.45, 7) is 2.01. The zero-order valence-corrected chi connectivity index (χ0v) is 11.1. The standard InChI is InChI=1S/C16H14N2O2/c1-2-14-17-13-10-6-9-12(16(19)20)15(13)18(14)11-7-4-3-5-8-11/h3-10H,2H2,1H3,(H,19,20). The second-order valence-corrected chi connectivity index (χ2v) is 4.53. The molecule has 2 aromatic carbocycles. The molecule has 0 saturated carbocycles. The lowest BCUT2D eigenvalue weighted by atomic mass is 10.1. The number of para-hydroxylation sites is 2. The minimum Gasteiger partial charge on any atom is -0.478 e. The molecule has 0 aliphatic rings. The first-order chi connectivity index (χ1) is 9.72. The molecule has 0 fully saturated rings. The van der Waals surface area contributed by atoms with Crippen molar-refractivity contribution >= 4 is 17.0 Å². The highest BCUT2D eigenvalue weighted by Gasteiger charge is 2.17. The fraction of sp³-hybridized carbons (Fsp3) is 0.125. The van der Waals surface area contributed by atoms with Gasteiger partial charge in [-0.1, -0.05) is 31.2 Å². The van der Waals surface area contributed by atoms with E-state index in [0.29, 0.717) is 11.0 Å². The van der Waals surface area contributed by atoms with Gasteiger partial charge in [-0.2, -0.15) is 0 Å². The van der Waals surface area contributed by atoms with Gasteiger partial charge < -0.3 is 5.11 Å². The number of aryl methyl sites for hydroxylation is 1. The number of hydrogen-bond donors (Lipinski definition) is 1. The predicted octanol–water partition coefficient (Wildman–Crippen LogP) is 3.29. The summed E-state index contributed by atoms with van der Waals surface area (Å²) in [5.74, 6) is -0.0739. The highest BCUT2D eigenvalue weighted by Crippen LogP contribution is 2.25. The fourth-order valence-corrected chi connectivity index (χ4v) is 2.44. The lowest BCUT2D eigenvalue weighted by molar-refractivity contribution is 0.0698. The maximum Gasteiger partial charge on any atom is 0.337 e. The molecule has 0 radical (unpaired) electrons. The van der Waals surface area contributed by atoms with Crippen LogP contribution in [-0.2, 0) is 6.42 Å². The number of carboxylic acid groups (broad SMARTS) is 1. The van der Waals surface area contributed by atoms with Crippen molar-refractivity contribution in [3.8, 4) is 5.69 Å². The Bertz CT molecular complexity index is 776. The number of benzene rings is 2. The van der Waals surface area contributed by atoms with Crippen molar-refractivity contribution in [2.45, 2.75) is 13.3 Å². The van der Waals surface area contributed by atoms with E-state index in [2.05, 4.69) is 4.98 Å². The molecule has 1 N–H and O–H groups in total. The normalized spacial score (nSPS) is 10.8. The van der Waals surface area contributed by atoms with Gasteiger partial charge in [0.25, 0.3) is 0 Å². The van der Waals surface area contributed by atoms with E-state index in [1.54, 1.807) is 12.1 Å². The Balaban J connectivity index is 2.42. The lowest BCUT2D eigenvalue weighted by Gasteiger charge is -2.09. The van der Waals surface area contributed by atoms with Crippen molar-refractivity contribution in [1.82, 2.24) is 9.55 Å². The van der Waals surface area contributed by atoms with Gasteiger partial charge in [-0.25, -0.2) is 9.78 Å². The van der Waals surface area contributed by atoms with Crippen molar-refractivity contribution in [1.29, 1.82) is 0 Å². The summed E-state index contributed by atoms with van der Waals surface area (Å²) in [5, 5.41) is 9.40. The van der Waals surface area contributed by atoms with Crippen molar-refractivity contribution < 1.29 is 9.90 Å². The molecule has 1 heterocycles. The lowest BCUT2D eigenvalue weighted by Crippen LogP contribution is -2.04.